The number of ether oxygens (including phenoxy) is 2. The number of para-hydroxylation sites is 1. The molecule has 0 radical (unpaired) electrons. The van der Waals surface area contributed by atoms with Gasteiger partial charge in [-0.2, -0.15) is 0 Å². The largest absolute Gasteiger partial charge is 0.332 e. The molecule has 2 amide bonds. The van der Waals surface area contributed by atoms with E-state index < -0.39 is 5.91 Å². The Hall–Kier alpha value is -1.59. The number of nitrogens with zero attached hydrogens (tertiary/aromatic N) is 1. The standard InChI is InChI=1S/C26H42N2O3/c1-18(2)21-14-11-15-22(19(3)4)23(21)28(7)24(29)27-26(20-12-9-8-10-13-20)30-16-25(5,6)17-31-26/h11,14-15,18-20H,8-10,12-13,16-17H2,1-7H3,(H,27,29). The topological polar surface area (TPSA) is 50.8 Å². The Bertz CT molecular complexity index is 730. The van der Waals surface area contributed by atoms with Crippen LogP contribution in [0.3, 0.4) is 0 Å². The highest BCUT2D eigenvalue weighted by Crippen LogP contribution is 2.40. The average molecular weight is 431 g/mol. The van der Waals surface area contributed by atoms with E-state index in [-0.39, 0.29) is 17.4 Å². The number of carbonyl (C=O) groups is 1. The normalized spacial score (nSPS) is 21.3. The van der Waals surface area contributed by atoms with Gasteiger partial charge in [0.05, 0.1) is 18.9 Å². The second-order valence-electron chi connectivity index (χ2n) is 10.8. The van der Waals surface area contributed by atoms with E-state index in [1.807, 2.05) is 7.05 Å². The second kappa shape index (κ2) is 9.50. The molecule has 0 bridgehead atoms. The smallest absolute Gasteiger partial charge is 0.325 e. The second-order valence-corrected chi connectivity index (χ2v) is 10.8. The van der Waals surface area contributed by atoms with Gasteiger partial charge in [0.15, 0.2) is 0 Å². The lowest BCUT2D eigenvalue weighted by molar-refractivity contribution is -0.334. The molecule has 0 aromatic heterocycles. The number of carbonyl (C=O) groups excluding carboxylic acids is 1. The van der Waals surface area contributed by atoms with Gasteiger partial charge in [0.2, 0.25) is 0 Å². The molecule has 3 rings (SSSR count). The number of anilines is 1. The van der Waals surface area contributed by atoms with E-state index in [2.05, 4.69) is 65.1 Å². The fourth-order valence-electron chi connectivity index (χ4n) is 4.81. The zero-order chi connectivity index (χ0) is 22.8. The lowest BCUT2D eigenvalue weighted by atomic mass is 9.85. The molecule has 2 fully saturated rings. The Balaban J connectivity index is 1.90. The maximum absolute atomic E-state index is 13.6. The summed E-state index contributed by atoms with van der Waals surface area (Å²) in [5, 5.41) is 3.21. The van der Waals surface area contributed by atoms with Gasteiger partial charge < -0.3 is 9.47 Å². The molecule has 1 aromatic rings. The molecule has 1 heterocycles. The Kier molecular flexibility index (Phi) is 7.37. The van der Waals surface area contributed by atoms with Crippen molar-refractivity contribution in [3.63, 3.8) is 0 Å². The van der Waals surface area contributed by atoms with Crippen LogP contribution in [0.25, 0.3) is 0 Å². The summed E-state index contributed by atoms with van der Waals surface area (Å²) in [6.07, 6.45) is 5.59. The summed E-state index contributed by atoms with van der Waals surface area (Å²) in [4.78, 5) is 15.4. The zero-order valence-corrected chi connectivity index (χ0v) is 20.6. The lowest BCUT2D eigenvalue weighted by Gasteiger charge is -2.48. The van der Waals surface area contributed by atoms with E-state index in [0.29, 0.717) is 25.0 Å². The molecule has 1 saturated carbocycles. The first-order chi connectivity index (χ1) is 14.6. The monoisotopic (exact) mass is 430 g/mol. The van der Waals surface area contributed by atoms with Crippen LogP contribution in [0.4, 0.5) is 10.5 Å². The van der Waals surface area contributed by atoms with Crippen LogP contribution < -0.4 is 10.2 Å². The number of benzene rings is 1. The molecule has 0 spiro atoms. The Labute approximate surface area is 188 Å². The van der Waals surface area contributed by atoms with Gasteiger partial charge in [-0.3, -0.25) is 10.2 Å². The first-order valence-electron chi connectivity index (χ1n) is 12.0. The summed E-state index contributed by atoms with van der Waals surface area (Å²) in [6, 6.07) is 6.19. The zero-order valence-electron chi connectivity index (χ0n) is 20.6. The Morgan fingerprint density at radius 1 is 1.00 bits per heavy atom. The molecule has 1 aromatic carbocycles. The number of nitrogens with one attached hydrogen (secondary N) is 1. The van der Waals surface area contributed by atoms with E-state index in [1.165, 1.54) is 17.5 Å². The molecule has 1 aliphatic heterocycles. The summed E-state index contributed by atoms with van der Waals surface area (Å²) >= 11 is 0. The van der Waals surface area contributed by atoms with Crippen LogP contribution in [-0.2, 0) is 9.47 Å². The van der Waals surface area contributed by atoms with Crippen molar-refractivity contribution in [2.75, 3.05) is 25.2 Å². The van der Waals surface area contributed by atoms with Crippen molar-refractivity contribution in [3.05, 3.63) is 29.3 Å². The van der Waals surface area contributed by atoms with E-state index in [1.54, 1.807) is 4.90 Å². The molecular formula is C26H42N2O3. The Morgan fingerprint density at radius 3 is 2.00 bits per heavy atom. The van der Waals surface area contributed by atoms with E-state index in [0.717, 1.165) is 31.4 Å². The van der Waals surface area contributed by atoms with Crippen LogP contribution in [0.1, 0.15) is 96.6 Å². The van der Waals surface area contributed by atoms with Crippen molar-refractivity contribution >= 4 is 11.7 Å². The third-order valence-electron chi connectivity index (χ3n) is 6.76. The highest BCUT2D eigenvalue weighted by Gasteiger charge is 2.48. The molecule has 5 heteroatoms. The molecule has 0 unspecified atom stereocenters. The van der Waals surface area contributed by atoms with Crippen LogP contribution >= 0.6 is 0 Å². The maximum atomic E-state index is 13.6. The minimum atomic E-state index is -1.04. The highest BCUT2D eigenvalue weighted by atomic mass is 16.7. The van der Waals surface area contributed by atoms with Gasteiger partial charge in [-0.25, -0.2) is 4.79 Å². The molecule has 5 nitrogen and oxygen atoms in total. The molecule has 174 valence electrons. The van der Waals surface area contributed by atoms with Crippen LogP contribution in [0.5, 0.6) is 0 Å². The lowest BCUT2D eigenvalue weighted by Crippen LogP contribution is -2.64. The molecular weight excluding hydrogens is 388 g/mol. The molecule has 0 atom stereocenters. The number of rotatable bonds is 5. The summed E-state index contributed by atoms with van der Waals surface area (Å²) in [5.41, 5.74) is 3.31. The van der Waals surface area contributed by atoms with Crippen molar-refractivity contribution in [1.82, 2.24) is 5.32 Å². The quantitative estimate of drug-likeness (QED) is 0.589. The van der Waals surface area contributed by atoms with E-state index in [9.17, 15) is 4.79 Å². The summed E-state index contributed by atoms with van der Waals surface area (Å²) in [7, 11) is 1.86. The number of urea groups is 1. The molecule has 1 saturated heterocycles. The first kappa shape index (κ1) is 24.1. The minimum Gasteiger partial charge on any atom is -0.332 e. The van der Waals surface area contributed by atoms with Gasteiger partial charge in [0.1, 0.15) is 0 Å². The van der Waals surface area contributed by atoms with Gasteiger partial charge >= 0.3 is 6.03 Å². The number of hydrogen-bond acceptors (Lipinski definition) is 3. The third-order valence-corrected chi connectivity index (χ3v) is 6.76. The molecule has 1 N–H and O–H groups in total. The van der Waals surface area contributed by atoms with Crippen LogP contribution in [0.2, 0.25) is 0 Å². The van der Waals surface area contributed by atoms with Gasteiger partial charge in [-0.15, -0.1) is 0 Å². The SMILES string of the molecule is CC(C)c1cccc(C(C)C)c1N(C)C(=O)NC1(C2CCCCC2)OCC(C)(C)CO1. The fraction of sp³-hybridized carbons (Fsp3) is 0.731. The van der Waals surface area contributed by atoms with Gasteiger partial charge in [0, 0.05) is 18.4 Å². The predicted molar refractivity (Wildman–Crippen MR) is 127 cm³/mol. The van der Waals surface area contributed by atoms with Gasteiger partial charge in [0.25, 0.3) is 5.91 Å². The van der Waals surface area contributed by atoms with E-state index >= 15 is 0 Å². The predicted octanol–water partition coefficient (Wildman–Crippen LogP) is 6.39. The summed E-state index contributed by atoms with van der Waals surface area (Å²) in [6.45, 7) is 14.1. The van der Waals surface area contributed by atoms with Crippen molar-refractivity contribution in [1.29, 1.82) is 0 Å². The van der Waals surface area contributed by atoms with Crippen molar-refractivity contribution in [3.8, 4) is 0 Å². The van der Waals surface area contributed by atoms with Crippen LogP contribution in [0.15, 0.2) is 18.2 Å². The minimum absolute atomic E-state index is 0.0517. The van der Waals surface area contributed by atoms with Crippen LogP contribution in [-0.4, -0.2) is 32.2 Å². The Morgan fingerprint density at radius 2 is 1.52 bits per heavy atom. The van der Waals surface area contributed by atoms with Crippen molar-refractivity contribution in [2.24, 2.45) is 11.3 Å². The first-order valence-corrected chi connectivity index (χ1v) is 12.0. The van der Waals surface area contributed by atoms with E-state index in [4.69, 9.17) is 9.47 Å². The fourth-order valence-corrected chi connectivity index (χ4v) is 4.81. The van der Waals surface area contributed by atoms with Crippen molar-refractivity contribution in [2.45, 2.75) is 91.4 Å². The van der Waals surface area contributed by atoms with Gasteiger partial charge in [-0.1, -0.05) is 79.0 Å². The van der Waals surface area contributed by atoms with Crippen molar-refractivity contribution < 1.29 is 14.3 Å². The molecule has 1 aliphatic carbocycles. The number of amides is 2. The third kappa shape index (κ3) is 5.25. The summed E-state index contributed by atoms with van der Waals surface area (Å²) in [5.74, 6) is -0.218. The number of hydrogen-bond donors (Lipinski definition) is 1. The van der Waals surface area contributed by atoms with Gasteiger partial charge in [-0.05, 0) is 35.8 Å². The summed E-state index contributed by atoms with van der Waals surface area (Å²) < 4.78 is 12.7. The molecule has 31 heavy (non-hydrogen) atoms. The molecule has 2 aliphatic rings. The average Bonchev–Trinajstić information content (AvgIpc) is 2.74. The maximum Gasteiger partial charge on any atom is 0.325 e. The highest BCUT2D eigenvalue weighted by molar-refractivity contribution is 5.93. The van der Waals surface area contributed by atoms with Crippen LogP contribution in [0, 0.1) is 11.3 Å².